The van der Waals surface area contributed by atoms with Gasteiger partial charge in [-0.25, -0.2) is 4.98 Å². The zero-order chi connectivity index (χ0) is 13.8. The third kappa shape index (κ3) is 4.06. The molecule has 4 heteroatoms. The van der Waals surface area contributed by atoms with Crippen LogP contribution in [0.15, 0.2) is 29.2 Å². The highest BCUT2D eigenvalue weighted by Gasteiger charge is 2.11. The molecule has 1 atom stereocenters. The number of thiazole rings is 1. The number of aromatic nitrogens is 1. The van der Waals surface area contributed by atoms with Crippen LogP contribution in [-0.4, -0.2) is 21.9 Å². The Bertz CT molecular complexity index is 531. The SMILES string of the molecule is Cc1ccccc1SCC(O)Cc1nc(C)c(C)s1. The first-order valence-electron chi connectivity index (χ1n) is 6.35. The molecule has 1 aromatic carbocycles. The van der Waals surface area contributed by atoms with E-state index in [-0.39, 0.29) is 6.10 Å². The molecule has 0 aliphatic carbocycles. The minimum Gasteiger partial charge on any atom is -0.392 e. The Morgan fingerprint density at radius 3 is 2.63 bits per heavy atom. The van der Waals surface area contributed by atoms with Gasteiger partial charge in [-0.3, -0.25) is 0 Å². The van der Waals surface area contributed by atoms with E-state index in [9.17, 15) is 5.11 Å². The lowest BCUT2D eigenvalue weighted by Crippen LogP contribution is -2.13. The molecule has 1 N–H and O–H groups in total. The monoisotopic (exact) mass is 293 g/mol. The summed E-state index contributed by atoms with van der Waals surface area (Å²) in [5.41, 5.74) is 2.35. The molecule has 2 nitrogen and oxygen atoms in total. The van der Waals surface area contributed by atoms with Gasteiger partial charge in [-0.15, -0.1) is 23.1 Å². The van der Waals surface area contributed by atoms with Crippen LogP contribution >= 0.6 is 23.1 Å². The molecule has 0 fully saturated rings. The molecule has 1 heterocycles. The first-order valence-corrected chi connectivity index (χ1v) is 8.16. The Balaban J connectivity index is 1.88. The van der Waals surface area contributed by atoms with Crippen LogP contribution in [0.2, 0.25) is 0 Å². The fourth-order valence-electron chi connectivity index (χ4n) is 1.79. The topological polar surface area (TPSA) is 33.1 Å². The largest absolute Gasteiger partial charge is 0.392 e. The summed E-state index contributed by atoms with van der Waals surface area (Å²) in [4.78, 5) is 6.96. The summed E-state index contributed by atoms with van der Waals surface area (Å²) in [6.45, 7) is 6.19. The molecule has 1 aromatic heterocycles. The van der Waals surface area contributed by atoms with Crippen LogP contribution in [0.4, 0.5) is 0 Å². The van der Waals surface area contributed by atoms with Crippen molar-refractivity contribution in [2.24, 2.45) is 0 Å². The van der Waals surface area contributed by atoms with Crippen molar-refractivity contribution >= 4 is 23.1 Å². The Labute approximate surface area is 122 Å². The molecule has 0 amide bonds. The summed E-state index contributed by atoms with van der Waals surface area (Å²) in [6.07, 6.45) is 0.313. The standard InChI is InChI=1S/C15H19NOS2/c1-10-6-4-5-7-14(10)18-9-13(17)8-15-16-11(2)12(3)19-15/h4-7,13,17H,8-9H2,1-3H3. The van der Waals surface area contributed by atoms with Gasteiger partial charge in [-0.2, -0.15) is 0 Å². The maximum Gasteiger partial charge on any atom is 0.0956 e. The van der Waals surface area contributed by atoms with Crippen molar-refractivity contribution in [1.29, 1.82) is 0 Å². The van der Waals surface area contributed by atoms with E-state index in [0.717, 1.165) is 10.7 Å². The normalized spacial score (nSPS) is 12.6. The van der Waals surface area contributed by atoms with Gasteiger partial charge in [0.2, 0.25) is 0 Å². The first kappa shape index (κ1) is 14.6. The van der Waals surface area contributed by atoms with Crippen molar-refractivity contribution in [1.82, 2.24) is 4.98 Å². The van der Waals surface area contributed by atoms with Gasteiger partial charge < -0.3 is 5.11 Å². The zero-order valence-electron chi connectivity index (χ0n) is 11.5. The summed E-state index contributed by atoms with van der Waals surface area (Å²) >= 11 is 3.40. The van der Waals surface area contributed by atoms with Crippen LogP contribution in [0.25, 0.3) is 0 Å². The average Bonchev–Trinajstić information content (AvgIpc) is 2.67. The number of nitrogens with zero attached hydrogens (tertiary/aromatic N) is 1. The van der Waals surface area contributed by atoms with Gasteiger partial charge in [0.1, 0.15) is 0 Å². The van der Waals surface area contributed by atoms with Crippen LogP contribution in [0.5, 0.6) is 0 Å². The number of aryl methyl sites for hydroxylation is 3. The molecule has 2 rings (SSSR count). The first-order chi connectivity index (χ1) is 9.06. The van der Waals surface area contributed by atoms with Gasteiger partial charge in [-0.1, -0.05) is 18.2 Å². The van der Waals surface area contributed by atoms with E-state index < -0.39 is 0 Å². The Hall–Kier alpha value is -0.840. The molecule has 2 aromatic rings. The number of benzene rings is 1. The fraction of sp³-hybridized carbons (Fsp3) is 0.400. The molecule has 19 heavy (non-hydrogen) atoms. The number of hydrogen-bond donors (Lipinski definition) is 1. The summed E-state index contributed by atoms with van der Waals surface area (Å²) in [5.74, 6) is 0.711. The van der Waals surface area contributed by atoms with Gasteiger partial charge >= 0.3 is 0 Å². The maximum atomic E-state index is 10.1. The molecule has 102 valence electrons. The minimum atomic E-state index is -0.338. The van der Waals surface area contributed by atoms with Crippen molar-refractivity contribution in [3.05, 3.63) is 45.4 Å². The molecule has 0 bridgehead atoms. The molecule has 0 radical (unpaired) electrons. The second-order valence-electron chi connectivity index (χ2n) is 4.68. The van der Waals surface area contributed by atoms with Crippen molar-refractivity contribution < 1.29 is 5.11 Å². The van der Waals surface area contributed by atoms with E-state index >= 15 is 0 Å². The van der Waals surface area contributed by atoms with Crippen LogP contribution in [-0.2, 0) is 6.42 Å². The van der Waals surface area contributed by atoms with E-state index in [1.807, 2.05) is 19.1 Å². The van der Waals surface area contributed by atoms with Crippen molar-refractivity contribution in [3.8, 4) is 0 Å². The zero-order valence-corrected chi connectivity index (χ0v) is 13.1. The van der Waals surface area contributed by atoms with E-state index in [1.165, 1.54) is 15.3 Å². The Kier molecular flexibility index (Phi) is 5.02. The molecule has 0 saturated heterocycles. The molecular formula is C15H19NOS2. The third-order valence-corrected chi connectivity index (χ3v) is 5.42. The smallest absolute Gasteiger partial charge is 0.0956 e. The van der Waals surface area contributed by atoms with Gasteiger partial charge in [0.05, 0.1) is 16.8 Å². The molecule has 0 saturated carbocycles. The van der Waals surface area contributed by atoms with Crippen molar-refractivity contribution in [2.75, 3.05) is 5.75 Å². The quantitative estimate of drug-likeness (QED) is 0.852. The Morgan fingerprint density at radius 1 is 1.26 bits per heavy atom. The molecule has 0 spiro atoms. The number of hydrogen-bond acceptors (Lipinski definition) is 4. The fourth-order valence-corrected chi connectivity index (χ4v) is 3.76. The highest BCUT2D eigenvalue weighted by molar-refractivity contribution is 7.99. The van der Waals surface area contributed by atoms with Gasteiger partial charge in [0, 0.05) is 21.9 Å². The second-order valence-corrected chi connectivity index (χ2v) is 7.03. The second kappa shape index (κ2) is 6.55. The van der Waals surface area contributed by atoms with Gasteiger partial charge in [-0.05, 0) is 32.4 Å². The molecular weight excluding hydrogens is 274 g/mol. The summed E-state index contributed by atoms with van der Waals surface area (Å²) in [6, 6.07) is 8.28. The lowest BCUT2D eigenvalue weighted by atomic mass is 10.2. The van der Waals surface area contributed by atoms with Crippen LogP contribution in [0.1, 0.15) is 21.1 Å². The lowest BCUT2D eigenvalue weighted by Gasteiger charge is -2.09. The highest BCUT2D eigenvalue weighted by Crippen LogP contribution is 2.24. The highest BCUT2D eigenvalue weighted by atomic mass is 32.2. The lowest BCUT2D eigenvalue weighted by molar-refractivity contribution is 0.200. The van der Waals surface area contributed by atoms with Crippen molar-refractivity contribution in [3.63, 3.8) is 0 Å². The van der Waals surface area contributed by atoms with E-state index in [2.05, 4.69) is 31.0 Å². The molecule has 0 aliphatic rings. The van der Waals surface area contributed by atoms with Crippen LogP contribution < -0.4 is 0 Å². The number of aliphatic hydroxyl groups is 1. The van der Waals surface area contributed by atoms with Crippen molar-refractivity contribution in [2.45, 2.75) is 38.2 Å². The third-order valence-electron chi connectivity index (χ3n) is 3.01. The average molecular weight is 293 g/mol. The number of aliphatic hydroxyl groups excluding tert-OH is 1. The maximum absolute atomic E-state index is 10.1. The van der Waals surface area contributed by atoms with E-state index in [1.54, 1.807) is 23.1 Å². The van der Waals surface area contributed by atoms with Crippen LogP contribution in [0, 0.1) is 20.8 Å². The molecule has 0 aliphatic heterocycles. The van der Waals surface area contributed by atoms with Gasteiger partial charge in [0.25, 0.3) is 0 Å². The minimum absolute atomic E-state index is 0.338. The summed E-state index contributed by atoms with van der Waals surface area (Å²) < 4.78 is 0. The van der Waals surface area contributed by atoms with Crippen LogP contribution in [0.3, 0.4) is 0 Å². The summed E-state index contributed by atoms with van der Waals surface area (Å²) in [5, 5.41) is 11.1. The summed E-state index contributed by atoms with van der Waals surface area (Å²) in [7, 11) is 0. The van der Waals surface area contributed by atoms with E-state index in [4.69, 9.17) is 0 Å². The van der Waals surface area contributed by atoms with E-state index in [0.29, 0.717) is 12.2 Å². The molecule has 1 unspecified atom stereocenters. The number of rotatable bonds is 5. The van der Waals surface area contributed by atoms with Gasteiger partial charge in [0.15, 0.2) is 0 Å². The predicted molar refractivity (Wildman–Crippen MR) is 83.2 cm³/mol. The predicted octanol–water partition coefficient (Wildman–Crippen LogP) is 3.76. The Morgan fingerprint density at radius 2 is 2.00 bits per heavy atom. The number of thioether (sulfide) groups is 1.